The highest BCUT2D eigenvalue weighted by Gasteiger charge is 2.54. The van der Waals surface area contributed by atoms with E-state index in [1.807, 2.05) is 18.2 Å². The van der Waals surface area contributed by atoms with E-state index in [0.29, 0.717) is 32.5 Å². The maximum atomic E-state index is 13.8. The number of hydrogen-bond donors (Lipinski definition) is 0. The molecule has 0 bridgehead atoms. The van der Waals surface area contributed by atoms with Crippen LogP contribution >= 0.6 is 0 Å². The highest BCUT2D eigenvalue weighted by molar-refractivity contribution is 5.95. The van der Waals surface area contributed by atoms with Crippen molar-refractivity contribution in [1.29, 1.82) is 0 Å². The summed E-state index contributed by atoms with van der Waals surface area (Å²) in [6, 6.07) is 12.3. The van der Waals surface area contributed by atoms with E-state index >= 15 is 0 Å². The molecule has 6 nitrogen and oxygen atoms in total. The number of rotatable bonds is 5. The smallest absolute Gasteiger partial charge is 0.325 e. The molecule has 6 heteroatoms. The molecule has 0 aromatic heterocycles. The number of esters is 1. The van der Waals surface area contributed by atoms with E-state index in [1.165, 1.54) is 23.0 Å². The molecular formula is C27H29N3O3. The summed E-state index contributed by atoms with van der Waals surface area (Å²) in [6.07, 6.45) is 0.771. The highest BCUT2D eigenvalue weighted by atomic mass is 16.5. The molecule has 2 saturated heterocycles. The Balaban J connectivity index is 1.47. The van der Waals surface area contributed by atoms with Gasteiger partial charge in [-0.15, -0.1) is 0 Å². The molecule has 5 rings (SSSR count). The zero-order chi connectivity index (χ0) is 27.2. The fraction of sp³-hybridized carbons (Fsp3) is 0.333. The van der Waals surface area contributed by atoms with Gasteiger partial charge in [-0.1, -0.05) is 60.6 Å². The summed E-state index contributed by atoms with van der Waals surface area (Å²) in [4.78, 5) is 31.1. The monoisotopic (exact) mass is 448 g/mol. The molecule has 0 aliphatic carbocycles. The third-order valence-corrected chi connectivity index (χ3v) is 6.78. The lowest BCUT2D eigenvalue weighted by molar-refractivity contribution is -0.146. The summed E-state index contributed by atoms with van der Waals surface area (Å²) in [7, 11) is 1.25. The van der Waals surface area contributed by atoms with Crippen LogP contribution in [0.3, 0.4) is 0 Å². The zero-order valence-electron chi connectivity index (χ0n) is 23.6. The van der Waals surface area contributed by atoms with Gasteiger partial charge in [-0.3, -0.25) is 14.5 Å². The van der Waals surface area contributed by atoms with Gasteiger partial charge in [-0.25, -0.2) is 0 Å². The number of hydrogen-bond acceptors (Lipinski definition) is 5. The van der Waals surface area contributed by atoms with Gasteiger partial charge in [0.05, 0.1) is 20.6 Å². The first kappa shape index (κ1) is 16.3. The number of anilines is 1. The Kier molecular flexibility index (Phi) is 4.37. The van der Waals surface area contributed by atoms with Crippen LogP contribution in [0.1, 0.15) is 25.3 Å². The number of nitrogens with zero attached hydrogens (tertiary/aromatic N) is 3. The molecule has 0 unspecified atom stereocenters. The molecule has 0 atom stereocenters. The van der Waals surface area contributed by atoms with Crippen LogP contribution in [-0.2, 0) is 20.9 Å². The molecule has 2 aliphatic rings. The molecule has 0 radical (unpaired) electrons. The van der Waals surface area contributed by atoms with Crippen LogP contribution in [0.5, 0.6) is 0 Å². The molecule has 0 N–H and O–H groups in total. The largest absolute Gasteiger partial charge is 0.468 e. The van der Waals surface area contributed by atoms with Gasteiger partial charge in [0.25, 0.3) is 5.91 Å². The van der Waals surface area contributed by atoms with E-state index in [2.05, 4.69) is 29.2 Å². The number of fused-ring (bicyclic) bond motifs is 1. The first-order valence-corrected chi connectivity index (χ1v) is 11.1. The van der Waals surface area contributed by atoms with Crippen molar-refractivity contribution >= 4 is 28.3 Å². The summed E-state index contributed by atoms with van der Waals surface area (Å²) in [6.45, 7) is 1.50. The molecule has 33 heavy (non-hydrogen) atoms. The number of carbonyl (C=O) groups is 2. The number of methoxy groups -OCH3 is 1. The molecule has 3 aromatic carbocycles. The lowest BCUT2D eigenvalue weighted by Gasteiger charge is -2.43. The van der Waals surface area contributed by atoms with Gasteiger partial charge < -0.3 is 14.5 Å². The Bertz CT molecular complexity index is 1390. The summed E-state index contributed by atoms with van der Waals surface area (Å²) in [5, 5.41) is 2.34. The van der Waals surface area contributed by atoms with Crippen LogP contribution in [0.15, 0.2) is 72.7 Å². The minimum atomic E-state index is -1.13. The average Bonchev–Trinajstić information content (AvgIpc) is 3.18. The van der Waals surface area contributed by atoms with Gasteiger partial charge in [0.2, 0.25) is 0 Å². The predicted molar refractivity (Wildman–Crippen MR) is 129 cm³/mol. The van der Waals surface area contributed by atoms with Gasteiger partial charge in [-0.2, -0.15) is 0 Å². The van der Waals surface area contributed by atoms with E-state index in [-0.39, 0.29) is 36.9 Å². The van der Waals surface area contributed by atoms with Gasteiger partial charge in [0.15, 0.2) is 0 Å². The number of para-hydroxylation sites is 1. The van der Waals surface area contributed by atoms with Gasteiger partial charge in [0, 0.05) is 25.3 Å². The molecule has 2 heterocycles. The Labute approximate surface area is 201 Å². The average molecular weight is 449 g/mol. The first-order valence-electron chi connectivity index (χ1n) is 13.6. The molecule has 0 saturated carbocycles. The third-order valence-electron chi connectivity index (χ3n) is 6.78. The summed E-state index contributed by atoms with van der Waals surface area (Å²) in [5.41, 5.74) is 0.0444. The number of ether oxygens (including phenoxy) is 1. The van der Waals surface area contributed by atoms with E-state index in [9.17, 15) is 9.59 Å². The second kappa shape index (κ2) is 8.87. The van der Waals surface area contributed by atoms with E-state index in [0.717, 1.165) is 5.39 Å². The van der Waals surface area contributed by atoms with Crippen LogP contribution < -0.4 is 4.90 Å². The van der Waals surface area contributed by atoms with Crippen molar-refractivity contribution < 1.29 is 21.2 Å². The lowest BCUT2D eigenvalue weighted by atomic mass is 9.85. The normalized spacial score (nSPS) is 20.4. The van der Waals surface area contributed by atoms with Crippen molar-refractivity contribution in [3.63, 3.8) is 0 Å². The number of likely N-dealkylation sites (tertiary alicyclic amines) is 1. The fourth-order valence-electron chi connectivity index (χ4n) is 5.02. The van der Waals surface area contributed by atoms with Gasteiger partial charge in [0.1, 0.15) is 12.1 Å². The van der Waals surface area contributed by atoms with Crippen molar-refractivity contribution in [3.05, 3.63) is 78.2 Å². The molecular weight excluding hydrogens is 414 g/mol. The van der Waals surface area contributed by atoms with Crippen LogP contribution in [-0.4, -0.2) is 60.6 Å². The molecule has 3 aromatic rings. The highest BCUT2D eigenvalue weighted by Crippen LogP contribution is 2.39. The molecule has 1 amide bonds. The predicted octanol–water partition coefficient (Wildman–Crippen LogP) is 3.65. The van der Waals surface area contributed by atoms with Crippen molar-refractivity contribution in [3.8, 4) is 0 Å². The van der Waals surface area contributed by atoms with Gasteiger partial charge >= 0.3 is 5.97 Å². The number of carbonyl (C=O) groups excluding carboxylic acids is 2. The Morgan fingerprint density at radius 2 is 1.79 bits per heavy atom. The number of amides is 1. The SMILES string of the molecule is [2H]c1c([2H])c([2H])c(N2CN(CC(=O)OC)C(=O)C23CCN(Cc2cccc4ccccc24)CC3)c([2H])c1[2H]. The van der Waals surface area contributed by atoms with E-state index in [4.69, 9.17) is 11.6 Å². The Morgan fingerprint density at radius 3 is 2.55 bits per heavy atom. The maximum Gasteiger partial charge on any atom is 0.325 e. The second-order valence-electron chi connectivity index (χ2n) is 8.57. The van der Waals surface area contributed by atoms with Crippen LogP contribution in [0, 0.1) is 0 Å². The second-order valence-corrected chi connectivity index (χ2v) is 8.57. The Hall–Kier alpha value is -3.38. The van der Waals surface area contributed by atoms with Crippen LogP contribution in [0.25, 0.3) is 10.8 Å². The van der Waals surface area contributed by atoms with E-state index in [1.54, 1.807) is 4.90 Å². The molecule has 2 fully saturated rings. The topological polar surface area (TPSA) is 53.1 Å². The summed E-state index contributed by atoms with van der Waals surface area (Å²) in [5.74, 6) is -0.871. The number of piperidine rings is 1. The standard InChI is InChI=1S/C27H29N3O3/c1-33-25(31)19-29-20-30(23-11-3-2-4-12-23)27(26(29)32)14-16-28(17-15-27)18-22-10-7-9-21-8-5-6-13-24(21)22/h2-13H,14-20H2,1H3/i2D,3D,4D,11D,12D. The van der Waals surface area contributed by atoms with Crippen molar-refractivity contribution in [1.82, 2.24) is 9.80 Å². The minimum Gasteiger partial charge on any atom is -0.468 e. The minimum absolute atomic E-state index is 0.0146. The molecule has 2 aliphatic heterocycles. The summed E-state index contributed by atoms with van der Waals surface area (Å²) < 4.78 is 46.1. The van der Waals surface area contributed by atoms with Crippen molar-refractivity contribution in [2.45, 2.75) is 24.9 Å². The lowest BCUT2D eigenvalue weighted by Crippen LogP contribution is -2.56. The molecule has 170 valence electrons. The van der Waals surface area contributed by atoms with Crippen LogP contribution in [0.4, 0.5) is 5.69 Å². The van der Waals surface area contributed by atoms with Gasteiger partial charge in [-0.05, 0) is 41.3 Å². The zero-order valence-corrected chi connectivity index (χ0v) is 18.6. The van der Waals surface area contributed by atoms with Crippen molar-refractivity contribution in [2.75, 3.05) is 38.3 Å². The van der Waals surface area contributed by atoms with Crippen molar-refractivity contribution in [2.24, 2.45) is 0 Å². The maximum absolute atomic E-state index is 13.8. The quantitative estimate of drug-likeness (QED) is 0.558. The first-order chi connectivity index (χ1) is 18.2. The number of benzene rings is 3. The third kappa shape index (κ3) is 3.95. The summed E-state index contributed by atoms with van der Waals surface area (Å²) >= 11 is 0. The van der Waals surface area contributed by atoms with E-state index < -0.39 is 29.6 Å². The Morgan fingerprint density at radius 1 is 1.06 bits per heavy atom. The fourth-order valence-corrected chi connectivity index (χ4v) is 5.02. The molecule has 1 spiro atoms. The van der Waals surface area contributed by atoms with Crippen LogP contribution in [0.2, 0.25) is 0 Å².